The van der Waals surface area contributed by atoms with Crippen molar-refractivity contribution in [2.75, 3.05) is 18.5 Å². The third kappa shape index (κ3) is 6.02. The van der Waals surface area contributed by atoms with Gasteiger partial charge in [0.25, 0.3) is 23.2 Å². The topological polar surface area (TPSA) is 179 Å². The first-order chi connectivity index (χ1) is 20.0. The predicted octanol–water partition coefficient (Wildman–Crippen LogP) is 5.51. The Morgan fingerprint density at radius 3 is 2.31 bits per heavy atom. The summed E-state index contributed by atoms with van der Waals surface area (Å²) in [6.07, 6.45) is 1.40. The fourth-order valence-corrected chi connectivity index (χ4v) is 5.80. The minimum Gasteiger partial charge on any atom is -0.462 e. The van der Waals surface area contributed by atoms with E-state index in [1.54, 1.807) is 13.8 Å². The predicted molar refractivity (Wildman–Crippen MR) is 153 cm³/mol. The number of fused-ring (bicyclic) bond motifs is 1. The monoisotopic (exact) mass is 594 g/mol. The third-order valence-electron chi connectivity index (χ3n) is 6.64. The standard InChI is InChI=1S/C28H26N4O9S/c1-3-41-28(36)24-22(17-11-13-18(14-12-17)31(37)38)16(2)42-25(24)29-21(33)10-5-4-6-15-30-26(34)19-8-7-9-20(32(39)40)23(19)27(30)35/h7-9,11-14H,3-6,10,15H2,1-2H3,(H,29,33). The van der Waals surface area contributed by atoms with Gasteiger partial charge in [0.2, 0.25) is 5.91 Å². The summed E-state index contributed by atoms with van der Waals surface area (Å²) in [7, 11) is 0. The number of carbonyl (C=O) groups is 4. The molecular weight excluding hydrogens is 568 g/mol. The van der Waals surface area contributed by atoms with Crippen molar-refractivity contribution in [2.24, 2.45) is 0 Å². The molecule has 4 rings (SSSR count). The second-order valence-corrected chi connectivity index (χ2v) is 10.6. The van der Waals surface area contributed by atoms with Gasteiger partial charge in [0.05, 0.1) is 22.0 Å². The molecule has 0 saturated carbocycles. The lowest BCUT2D eigenvalue weighted by Crippen LogP contribution is -2.30. The molecule has 0 unspecified atom stereocenters. The molecule has 1 N–H and O–H groups in total. The van der Waals surface area contributed by atoms with Crippen LogP contribution in [0.25, 0.3) is 11.1 Å². The lowest BCUT2D eigenvalue weighted by Gasteiger charge is -2.13. The summed E-state index contributed by atoms with van der Waals surface area (Å²) in [5.74, 6) is -2.27. The molecule has 0 saturated heterocycles. The number of anilines is 1. The number of hydrogen-bond acceptors (Lipinski definition) is 10. The van der Waals surface area contributed by atoms with E-state index in [9.17, 15) is 39.4 Å². The van der Waals surface area contributed by atoms with E-state index in [0.29, 0.717) is 40.3 Å². The van der Waals surface area contributed by atoms with Crippen molar-refractivity contribution in [1.82, 2.24) is 4.90 Å². The van der Waals surface area contributed by atoms with Crippen LogP contribution in [0.4, 0.5) is 16.4 Å². The molecule has 0 fully saturated rings. The number of non-ortho nitro benzene ring substituents is 1. The Morgan fingerprint density at radius 1 is 0.952 bits per heavy atom. The van der Waals surface area contributed by atoms with Crippen LogP contribution < -0.4 is 5.32 Å². The summed E-state index contributed by atoms with van der Waals surface area (Å²) >= 11 is 1.19. The van der Waals surface area contributed by atoms with Crippen LogP contribution in [0.3, 0.4) is 0 Å². The summed E-state index contributed by atoms with van der Waals surface area (Å²) in [6.45, 7) is 3.60. The molecule has 0 aliphatic carbocycles. The molecule has 13 nitrogen and oxygen atoms in total. The van der Waals surface area contributed by atoms with Gasteiger partial charge >= 0.3 is 5.97 Å². The Morgan fingerprint density at radius 2 is 1.67 bits per heavy atom. The van der Waals surface area contributed by atoms with Crippen molar-refractivity contribution in [3.8, 4) is 11.1 Å². The molecule has 0 atom stereocenters. The molecule has 1 aliphatic rings. The van der Waals surface area contributed by atoms with Gasteiger partial charge < -0.3 is 10.1 Å². The van der Waals surface area contributed by atoms with Gasteiger partial charge in [0.1, 0.15) is 16.1 Å². The average Bonchev–Trinajstić information content (AvgIpc) is 3.41. The van der Waals surface area contributed by atoms with Gasteiger partial charge in [-0.25, -0.2) is 4.79 Å². The van der Waals surface area contributed by atoms with Gasteiger partial charge in [0.15, 0.2) is 0 Å². The van der Waals surface area contributed by atoms with Crippen LogP contribution in [0.1, 0.15) is 68.6 Å². The second kappa shape index (κ2) is 12.7. The normalized spacial score (nSPS) is 12.3. The Kier molecular flexibility index (Phi) is 9.06. The van der Waals surface area contributed by atoms with Crippen molar-refractivity contribution >= 4 is 51.4 Å². The molecule has 0 spiro atoms. The molecule has 3 amide bonds. The summed E-state index contributed by atoms with van der Waals surface area (Å²) in [5, 5.41) is 25.4. The average molecular weight is 595 g/mol. The number of aryl methyl sites for hydroxylation is 1. The van der Waals surface area contributed by atoms with Crippen molar-refractivity contribution in [3.05, 3.63) is 84.3 Å². The lowest BCUT2D eigenvalue weighted by molar-refractivity contribution is -0.385. The number of amides is 3. The van der Waals surface area contributed by atoms with Gasteiger partial charge in [0, 0.05) is 41.6 Å². The molecule has 1 aromatic heterocycles. The number of esters is 1. The molecule has 3 aromatic rings. The fourth-order valence-electron chi connectivity index (χ4n) is 4.72. The number of hydrogen-bond donors (Lipinski definition) is 1. The maximum atomic E-state index is 12.9. The van der Waals surface area contributed by atoms with Crippen LogP contribution >= 0.6 is 11.3 Å². The Hall–Kier alpha value is -4.98. The number of rotatable bonds is 12. The van der Waals surface area contributed by atoms with Crippen molar-refractivity contribution < 1.29 is 33.8 Å². The smallest absolute Gasteiger partial charge is 0.341 e. The highest BCUT2D eigenvalue weighted by molar-refractivity contribution is 7.17. The van der Waals surface area contributed by atoms with E-state index >= 15 is 0 Å². The number of ether oxygens (including phenoxy) is 1. The van der Waals surface area contributed by atoms with Gasteiger partial charge in [-0.1, -0.05) is 12.5 Å². The molecular formula is C28H26N4O9S. The zero-order valence-electron chi connectivity index (χ0n) is 22.7. The quantitative estimate of drug-likeness (QED) is 0.0930. The molecule has 0 bridgehead atoms. The molecule has 2 heterocycles. The SMILES string of the molecule is CCOC(=O)c1c(NC(=O)CCCCCN2C(=O)c3cccc([N+](=O)[O-])c3C2=O)sc(C)c1-c1ccc([N+](=O)[O-])cc1. The highest BCUT2D eigenvalue weighted by atomic mass is 32.1. The molecule has 1 aliphatic heterocycles. The van der Waals surface area contributed by atoms with Crippen molar-refractivity contribution in [2.45, 2.75) is 39.5 Å². The summed E-state index contributed by atoms with van der Waals surface area (Å²) in [6, 6.07) is 9.68. The van der Waals surface area contributed by atoms with E-state index in [1.165, 1.54) is 53.8 Å². The van der Waals surface area contributed by atoms with E-state index in [4.69, 9.17) is 4.74 Å². The van der Waals surface area contributed by atoms with Gasteiger partial charge in [-0.05, 0) is 50.5 Å². The van der Waals surface area contributed by atoms with E-state index in [1.807, 2.05) is 0 Å². The maximum Gasteiger partial charge on any atom is 0.341 e. The van der Waals surface area contributed by atoms with Gasteiger partial charge in [-0.3, -0.25) is 39.5 Å². The zero-order chi connectivity index (χ0) is 30.6. The number of nitro benzene ring substituents is 2. The van der Waals surface area contributed by atoms with Crippen LogP contribution in [0.2, 0.25) is 0 Å². The summed E-state index contributed by atoms with van der Waals surface area (Å²) in [5.41, 5.74) is 0.548. The number of unbranched alkanes of at least 4 members (excludes halogenated alkanes) is 2. The Balaban J connectivity index is 1.37. The maximum absolute atomic E-state index is 12.9. The summed E-state index contributed by atoms with van der Waals surface area (Å²) < 4.78 is 5.22. The van der Waals surface area contributed by atoms with E-state index in [2.05, 4.69) is 5.32 Å². The zero-order valence-corrected chi connectivity index (χ0v) is 23.5. The number of imide groups is 1. The Labute approximate surface area is 243 Å². The number of nitro groups is 2. The molecule has 42 heavy (non-hydrogen) atoms. The van der Waals surface area contributed by atoms with E-state index < -0.39 is 33.3 Å². The highest BCUT2D eigenvalue weighted by Gasteiger charge is 2.40. The number of nitrogens with one attached hydrogen (secondary N) is 1. The third-order valence-corrected chi connectivity index (χ3v) is 7.66. The minimum absolute atomic E-state index is 0.00492. The fraction of sp³-hybridized carbons (Fsp3) is 0.286. The lowest BCUT2D eigenvalue weighted by atomic mass is 10.0. The second-order valence-electron chi connectivity index (χ2n) is 9.34. The molecule has 0 radical (unpaired) electrons. The number of carbonyl (C=O) groups excluding carboxylic acids is 4. The first-order valence-electron chi connectivity index (χ1n) is 13.0. The van der Waals surface area contributed by atoms with Gasteiger partial charge in [-0.2, -0.15) is 0 Å². The van der Waals surface area contributed by atoms with Crippen molar-refractivity contribution in [3.63, 3.8) is 0 Å². The van der Waals surface area contributed by atoms with E-state index in [0.717, 1.165) is 4.90 Å². The number of thiophene rings is 1. The van der Waals surface area contributed by atoms with Crippen LogP contribution in [0.5, 0.6) is 0 Å². The largest absolute Gasteiger partial charge is 0.462 e. The van der Waals surface area contributed by atoms with Crippen LogP contribution in [-0.4, -0.2) is 51.6 Å². The minimum atomic E-state index is -0.705. The van der Waals surface area contributed by atoms with Crippen LogP contribution in [0, 0.1) is 27.2 Å². The highest BCUT2D eigenvalue weighted by Crippen LogP contribution is 2.41. The molecule has 2 aromatic carbocycles. The molecule has 218 valence electrons. The number of nitrogens with zero attached hydrogens (tertiary/aromatic N) is 3. The molecule has 14 heteroatoms. The van der Waals surface area contributed by atoms with Crippen LogP contribution in [-0.2, 0) is 9.53 Å². The Bertz CT molecular complexity index is 1600. The first kappa shape index (κ1) is 30.0. The van der Waals surface area contributed by atoms with E-state index in [-0.39, 0.29) is 47.9 Å². The summed E-state index contributed by atoms with van der Waals surface area (Å²) in [4.78, 5) is 73.8. The first-order valence-corrected chi connectivity index (χ1v) is 13.9. The van der Waals surface area contributed by atoms with Gasteiger partial charge in [-0.15, -0.1) is 11.3 Å². The van der Waals surface area contributed by atoms with Crippen LogP contribution in [0.15, 0.2) is 42.5 Å². The van der Waals surface area contributed by atoms with Crippen molar-refractivity contribution in [1.29, 1.82) is 0 Å². The number of benzene rings is 2.